The number of rotatable bonds is 10. The quantitative estimate of drug-likeness (QED) is 0.240. The number of hydroxylamine groups is 2. The van der Waals surface area contributed by atoms with Gasteiger partial charge in [-0.25, -0.2) is 10.0 Å². The zero-order valence-electron chi connectivity index (χ0n) is 18.3. The highest BCUT2D eigenvalue weighted by atomic mass is 32.1. The number of nitrogens with one attached hydrogen (secondary N) is 1. The van der Waals surface area contributed by atoms with Crippen LogP contribution >= 0.6 is 11.3 Å². The number of hydrogen-bond donors (Lipinski definition) is 2. The summed E-state index contributed by atoms with van der Waals surface area (Å²) in [5.74, 6) is -0.313. The number of Topliss-reactive ketones (excluding diaryl/α,β-unsaturated/α-hetero) is 1. The highest BCUT2D eigenvalue weighted by molar-refractivity contribution is 7.15. The lowest BCUT2D eigenvalue weighted by Crippen LogP contribution is -2.47. The second-order valence-corrected chi connectivity index (χ2v) is 11.2. The zero-order chi connectivity index (χ0) is 22.1. The number of aryl methyl sites for hydroxylation is 1. The summed E-state index contributed by atoms with van der Waals surface area (Å²) >= 11 is 1.40. The number of carbonyl (C=O) groups excluding carboxylic acids is 3. The summed E-state index contributed by atoms with van der Waals surface area (Å²) in [6, 6.07) is 0. The number of thiazole rings is 1. The number of nitrogens with zero attached hydrogens (tertiary/aromatic N) is 2. The lowest BCUT2D eigenvalue weighted by atomic mass is 9.73. The van der Waals surface area contributed by atoms with Crippen molar-refractivity contribution >= 4 is 34.6 Å². The Morgan fingerprint density at radius 2 is 2.03 bits per heavy atom. The molecule has 4 rings (SSSR count). The number of amides is 2. The number of ketones is 1. The molecule has 0 bridgehead atoms. The number of anilines is 1. The Labute approximate surface area is 187 Å². The Hall–Kier alpha value is -1.80. The Balaban J connectivity index is 1.55. The van der Waals surface area contributed by atoms with Gasteiger partial charge in [0.25, 0.3) is 0 Å². The highest BCUT2D eigenvalue weighted by Crippen LogP contribution is 2.64. The van der Waals surface area contributed by atoms with Gasteiger partial charge in [-0.15, -0.1) is 11.3 Å². The maximum atomic E-state index is 13.9. The van der Waals surface area contributed by atoms with Crippen molar-refractivity contribution < 1.29 is 19.6 Å². The molecule has 3 fully saturated rings. The van der Waals surface area contributed by atoms with Crippen molar-refractivity contribution in [1.82, 2.24) is 10.0 Å². The molecule has 2 atom stereocenters. The van der Waals surface area contributed by atoms with Crippen LogP contribution < -0.4 is 5.32 Å². The van der Waals surface area contributed by atoms with Gasteiger partial charge in [0.05, 0.1) is 6.54 Å². The monoisotopic (exact) mass is 447 g/mol. The molecule has 2 amide bonds. The van der Waals surface area contributed by atoms with Gasteiger partial charge in [-0.2, -0.15) is 0 Å². The summed E-state index contributed by atoms with van der Waals surface area (Å²) in [4.78, 5) is 43.8. The van der Waals surface area contributed by atoms with Crippen LogP contribution in [0.25, 0.3) is 0 Å². The van der Waals surface area contributed by atoms with Gasteiger partial charge < -0.3 is 5.32 Å². The molecule has 0 aromatic carbocycles. The van der Waals surface area contributed by atoms with E-state index < -0.39 is 11.3 Å². The molecule has 2 N–H and O–H groups in total. The van der Waals surface area contributed by atoms with Gasteiger partial charge in [-0.05, 0) is 63.2 Å². The molecule has 31 heavy (non-hydrogen) atoms. The van der Waals surface area contributed by atoms with Crippen LogP contribution in [0.2, 0.25) is 0 Å². The zero-order valence-corrected chi connectivity index (χ0v) is 19.1. The normalized spacial score (nSPS) is 25.5. The average molecular weight is 448 g/mol. The van der Waals surface area contributed by atoms with E-state index in [1.54, 1.807) is 6.20 Å². The highest BCUT2D eigenvalue weighted by Gasteiger charge is 2.61. The van der Waals surface area contributed by atoms with Crippen LogP contribution in [0.3, 0.4) is 0 Å². The minimum atomic E-state index is -1.10. The average Bonchev–Trinajstić information content (AvgIpc) is 3.11. The van der Waals surface area contributed by atoms with E-state index in [2.05, 4.69) is 10.3 Å². The summed E-state index contributed by atoms with van der Waals surface area (Å²) in [5.41, 5.74) is -0.981. The van der Waals surface area contributed by atoms with Crippen molar-refractivity contribution in [3.63, 3.8) is 0 Å². The second-order valence-electron chi connectivity index (χ2n) is 10.0. The Bertz CT molecular complexity index is 831. The van der Waals surface area contributed by atoms with Gasteiger partial charge >= 0.3 is 0 Å². The van der Waals surface area contributed by atoms with E-state index in [0.717, 1.165) is 30.6 Å². The van der Waals surface area contributed by atoms with Gasteiger partial charge in [-0.1, -0.05) is 25.7 Å². The second kappa shape index (κ2) is 8.98. The third-order valence-corrected chi connectivity index (χ3v) is 8.59. The van der Waals surface area contributed by atoms with E-state index in [1.807, 2.05) is 6.92 Å². The fourth-order valence-corrected chi connectivity index (χ4v) is 6.40. The van der Waals surface area contributed by atoms with Gasteiger partial charge in [0.1, 0.15) is 5.41 Å². The van der Waals surface area contributed by atoms with Gasteiger partial charge in [0.15, 0.2) is 10.9 Å². The van der Waals surface area contributed by atoms with Crippen LogP contribution in [0.5, 0.6) is 0 Å². The fourth-order valence-electron chi connectivity index (χ4n) is 5.75. The van der Waals surface area contributed by atoms with Crippen LogP contribution in [-0.4, -0.2) is 39.9 Å². The molecule has 8 heteroatoms. The molecule has 1 spiro atoms. The van der Waals surface area contributed by atoms with E-state index in [4.69, 9.17) is 0 Å². The summed E-state index contributed by atoms with van der Waals surface area (Å²) in [6.45, 7) is 1.88. The van der Waals surface area contributed by atoms with E-state index in [1.165, 1.54) is 37.0 Å². The molecule has 170 valence electrons. The largest absolute Gasteiger partial charge is 0.301 e. The number of carbonyl (C=O) groups is 3. The van der Waals surface area contributed by atoms with E-state index in [-0.39, 0.29) is 23.7 Å². The molecule has 0 aliphatic heterocycles. The minimum Gasteiger partial charge on any atom is -0.301 e. The fraction of sp³-hybridized carbons (Fsp3) is 0.739. The molecule has 1 aromatic rings. The molecule has 0 saturated heterocycles. The van der Waals surface area contributed by atoms with Crippen molar-refractivity contribution in [2.75, 3.05) is 11.9 Å². The molecule has 3 saturated carbocycles. The summed E-state index contributed by atoms with van der Waals surface area (Å²) in [5, 5.41) is 13.9. The van der Waals surface area contributed by atoms with E-state index in [0.29, 0.717) is 41.8 Å². The third-order valence-electron chi connectivity index (χ3n) is 7.76. The summed E-state index contributed by atoms with van der Waals surface area (Å²) in [7, 11) is 0. The first-order chi connectivity index (χ1) is 14.9. The van der Waals surface area contributed by atoms with Crippen molar-refractivity contribution in [2.45, 2.75) is 77.6 Å². The molecular formula is C23H33N3O4S. The van der Waals surface area contributed by atoms with Crippen LogP contribution in [0.4, 0.5) is 5.13 Å². The third kappa shape index (κ3) is 4.85. The summed E-state index contributed by atoms with van der Waals surface area (Å²) < 4.78 is 0. The van der Waals surface area contributed by atoms with Gasteiger partial charge in [0.2, 0.25) is 12.3 Å². The first-order valence-electron chi connectivity index (χ1n) is 11.5. The molecule has 1 heterocycles. The van der Waals surface area contributed by atoms with E-state index in [9.17, 15) is 19.6 Å². The SMILES string of the molecule is Cc1cnc(NC(=O)C2(C(=O)C(CCC3CCCC3)CN(O)C=O)CCC3(CC3)C2)s1. The minimum absolute atomic E-state index is 0.0482. The molecule has 3 aliphatic carbocycles. The van der Waals surface area contributed by atoms with Gasteiger partial charge in [0, 0.05) is 17.0 Å². The molecule has 7 nitrogen and oxygen atoms in total. The van der Waals surface area contributed by atoms with Crippen LogP contribution in [0.1, 0.15) is 75.5 Å². The molecular weight excluding hydrogens is 414 g/mol. The summed E-state index contributed by atoms with van der Waals surface area (Å²) in [6.07, 6.45) is 12.5. The number of aromatic nitrogens is 1. The molecule has 3 aliphatic rings. The Morgan fingerprint density at radius 1 is 1.32 bits per heavy atom. The standard InChI is InChI=1S/C23H33N3O4S/c1-16-12-24-21(31-16)25-20(29)23(11-10-22(14-23)8-9-22)19(28)18(13-26(30)15-27)7-6-17-4-2-3-5-17/h12,15,17-18,30H,2-11,13-14H2,1H3,(H,24,25,29). The maximum Gasteiger partial charge on any atom is 0.239 e. The van der Waals surface area contributed by atoms with Crippen LogP contribution in [0.15, 0.2) is 6.20 Å². The topological polar surface area (TPSA) is 99.6 Å². The Kier molecular flexibility index (Phi) is 6.49. The maximum absolute atomic E-state index is 13.9. The van der Waals surface area contributed by atoms with Gasteiger partial charge in [-0.3, -0.25) is 19.6 Å². The molecule has 1 aromatic heterocycles. The Morgan fingerprint density at radius 3 is 2.61 bits per heavy atom. The van der Waals surface area contributed by atoms with Crippen molar-refractivity contribution in [3.8, 4) is 0 Å². The first-order valence-corrected chi connectivity index (χ1v) is 12.4. The van der Waals surface area contributed by atoms with Crippen molar-refractivity contribution in [3.05, 3.63) is 11.1 Å². The first kappa shape index (κ1) is 22.4. The van der Waals surface area contributed by atoms with Crippen molar-refractivity contribution in [1.29, 1.82) is 0 Å². The van der Waals surface area contributed by atoms with Crippen LogP contribution in [0, 0.1) is 29.6 Å². The predicted molar refractivity (Wildman–Crippen MR) is 118 cm³/mol. The number of hydrogen-bond acceptors (Lipinski definition) is 6. The molecule has 0 radical (unpaired) electrons. The predicted octanol–water partition coefficient (Wildman–Crippen LogP) is 4.34. The lowest BCUT2D eigenvalue weighted by Gasteiger charge is -2.32. The van der Waals surface area contributed by atoms with Crippen molar-refractivity contribution in [2.24, 2.45) is 22.7 Å². The van der Waals surface area contributed by atoms with Crippen LogP contribution in [-0.2, 0) is 14.4 Å². The van der Waals surface area contributed by atoms with E-state index >= 15 is 0 Å². The lowest BCUT2D eigenvalue weighted by molar-refractivity contribution is -0.157. The smallest absolute Gasteiger partial charge is 0.239 e. The molecule has 2 unspecified atom stereocenters.